The summed E-state index contributed by atoms with van der Waals surface area (Å²) in [4.78, 5) is 0. The third kappa shape index (κ3) is 6.27. The molecule has 0 saturated carbocycles. The summed E-state index contributed by atoms with van der Waals surface area (Å²) in [5.41, 5.74) is 0. The van der Waals surface area contributed by atoms with Gasteiger partial charge in [0, 0.05) is 0 Å². The molecule has 0 heterocycles. The molecule has 0 N–H and O–H groups in total. The molecule has 0 unspecified atom stereocenters. The average Bonchev–Trinajstić information content (AvgIpc) is 2.72. The minimum absolute atomic E-state index is 0.108. The van der Waals surface area contributed by atoms with E-state index in [1.54, 1.807) is 0 Å². The molecule has 0 fully saturated rings. The molecule has 0 aliphatic rings. The van der Waals surface area contributed by atoms with Gasteiger partial charge in [0.2, 0.25) is 0 Å². The first-order chi connectivity index (χ1) is 12.9. The Morgan fingerprint density at radius 2 is 0.692 bits per heavy atom. The molecular weight excluding hydrogens is 379 g/mol. The van der Waals surface area contributed by atoms with Crippen molar-refractivity contribution in [2.24, 2.45) is 0 Å². The number of rotatable bonds is 4. The summed E-state index contributed by atoms with van der Waals surface area (Å²) in [6.45, 7) is 0. The summed E-state index contributed by atoms with van der Waals surface area (Å²) in [7, 11) is 0. The van der Waals surface area contributed by atoms with Crippen LogP contribution in [0.5, 0.6) is 11.5 Å². The Morgan fingerprint density at radius 1 is 0.385 bits per heavy atom. The molecule has 0 aromatic heterocycles. The van der Waals surface area contributed by atoms with Gasteiger partial charge in [-0.3, -0.25) is 0 Å². The Hall–Kier alpha value is -2.76. The van der Waals surface area contributed by atoms with Crippen LogP contribution in [0.25, 0.3) is 0 Å². The normalized spacial score (nSPS) is 9.69. The minimum atomic E-state index is -0.108. The van der Waals surface area contributed by atoms with E-state index in [1.165, 1.54) is 8.70 Å². The Morgan fingerprint density at radius 3 is 1.04 bits per heavy atom. The van der Waals surface area contributed by atoms with Crippen molar-refractivity contribution in [2.75, 3.05) is 0 Å². The van der Waals surface area contributed by atoms with Gasteiger partial charge < -0.3 is 4.74 Å². The van der Waals surface area contributed by atoms with E-state index in [-0.39, 0.29) is 15.8 Å². The van der Waals surface area contributed by atoms with E-state index < -0.39 is 0 Å². The molecule has 4 aromatic carbocycles. The summed E-state index contributed by atoms with van der Waals surface area (Å²) in [6.07, 6.45) is 0. The van der Waals surface area contributed by atoms with Gasteiger partial charge in [-0.25, -0.2) is 0 Å². The van der Waals surface area contributed by atoms with Crippen molar-refractivity contribution >= 4 is 24.5 Å². The van der Waals surface area contributed by atoms with E-state index in [2.05, 4.69) is 60.7 Å². The van der Waals surface area contributed by atoms with Gasteiger partial charge in [-0.15, -0.1) is 0 Å². The van der Waals surface area contributed by atoms with Crippen LogP contribution in [0.15, 0.2) is 121 Å². The molecule has 1 nitrogen and oxygen atoms in total. The summed E-state index contributed by atoms with van der Waals surface area (Å²) in [5.74, 6) is 1.74. The number of hydrogen-bond donors (Lipinski definition) is 0. The molecule has 4 aromatic rings. The summed E-state index contributed by atoms with van der Waals surface area (Å²) in [5, 5.41) is 0. The maximum absolute atomic E-state index is 5.58. The van der Waals surface area contributed by atoms with E-state index >= 15 is 0 Å². The Balaban J connectivity index is 0.000000151. The molecule has 0 radical (unpaired) electrons. The van der Waals surface area contributed by atoms with Crippen molar-refractivity contribution < 1.29 is 4.74 Å². The zero-order valence-corrected chi connectivity index (χ0v) is 16.6. The number of benzene rings is 4. The second-order valence-corrected chi connectivity index (χ2v) is 8.53. The van der Waals surface area contributed by atoms with Crippen molar-refractivity contribution in [1.29, 1.82) is 0 Å². The third-order valence-corrected chi connectivity index (χ3v) is 6.17. The van der Waals surface area contributed by atoms with E-state index in [4.69, 9.17) is 4.74 Å². The first-order valence-corrected chi connectivity index (χ1v) is 10.6. The van der Waals surface area contributed by atoms with Gasteiger partial charge in [-0.2, -0.15) is 0 Å². The van der Waals surface area contributed by atoms with E-state index in [1.807, 2.05) is 60.7 Å². The van der Waals surface area contributed by atoms with Crippen LogP contribution in [-0.2, 0) is 0 Å². The molecule has 2 heteroatoms. The van der Waals surface area contributed by atoms with Crippen LogP contribution in [0.4, 0.5) is 0 Å². The molecule has 0 bridgehead atoms. The zero-order valence-electron chi connectivity index (χ0n) is 14.5. The first-order valence-electron chi connectivity index (χ1n) is 8.55. The van der Waals surface area contributed by atoms with Gasteiger partial charge in [0.15, 0.2) is 0 Å². The fraction of sp³-hybridized carbons (Fsp3) is 0. The van der Waals surface area contributed by atoms with E-state index in [0.29, 0.717) is 0 Å². The quantitative estimate of drug-likeness (QED) is 0.457. The fourth-order valence-electron chi connectivity index (χ4n) is 2.32. The monoisotopic (exact) mass is 400 g/mol. The van der Waals surface area contributed by atoms with Crippen LogP contribution < -0.4 is 13.4 Å². The summed E-state index contributed by atoms with van der Waals surface area (Å²) >= 11 is -0.108. The van der Waals surface area contributed by atoms with Crippen LogP contribution in [0.3, 0.4) is 0 Å². The van der Waals surface area contributed by atoms with Gasteiger partial charge in [-0.05, 0) is 24.3 Å². The number of para-hydroxylation sites is 2. The number of hydrogen-bond acceptors (Lipinski definition) is 1. The second kappa shape index (κ2) is 10.3. The van der Waals surface area contributed by atoms with Crippen LogP contribution >= 0.6 is 0 Å². The van der Waals surface area contributed by atoms with Crippen molar-refractivity contribution in [1.82, 2.24) is 0 Å². The molecule has 0 aliphatic carbocycles. The Kier molecular flexibility index (Phi) is 7.13. The SMILES string of the molecule is c1ccc(Oc2ccccc2)cc1.c1ccc([AsH]c2ccccc2)cc1. The van der Waals surface area contributed by atoms with Crippen molar-refractivity contribution in [3.05, 3.63) is 121 Å². The number of ether oxygens (including phenoxy) is 1. The average molecular weight is 400 g/mol. The van der Waals surface area contributed by atoms with Gasteiger partial charge in [0.1, 0.15) is 11.5 Å². The summed E-state index contributed by atoms with van der Waals surface area (Å²) < 4.78 is 8.57. The van der Waals surface area contributed by atoms with E-state index in [0.717, 1.165) is 11.5 Å². The molecule has 128 valence electrons. The predicted molar refractivity (Wildman–Crippen MR) is 112 cm³/mol. The van der Waals surface area contributed by atoms with Crippen molar-refractivity contribution in [3.63, 3.8) is 0 Å². The standard InChI is InChI=1S/C12H11As.C12H10O/c2*1-3-7-11(8-4-1)13-12-9-5-2-6-10-12/h1-10,13H;1-10H. The molecule has 0 saturated heterocycles. The van der Waals surface area contributed by atoms with Crippen LogP contribution in [-0.4, -0.2) is 15.8 Å². The molecule has 0 amide bonds. The molecule has 26 heavy (non-hydrogen) atoms. The predicted octanol–water partition coefficient (Wildman–Crippen LogP) is 4.55. The van der Waals surface area contributed by atoms with Crippen molar-refractivity contribution in [2.45, 2.75) is 0 Å². The van der Waals surface area contributed by atoms with E-state index in [9.17, 15) is 0 Å². The zero-order chi connectivity index (χ0) is 17.9. The first kappa shape index (κ1) is 18.0. The maximum atomic E-state index is 5.58. The van der Waals surface area contributed by atoms with Gasteiger partial charge in [-0.1, -0.05) is 36.4 Å². The second-order valence-electron chi connectivity index (χ2n) is 5.59. The summed E-state index contributed by atoms with van der Waals surface area (Å²) in [6, 6.07) is 41.0. The molecule has 4 rings (SSSR count). The van der Waals surface area contributed by atoms with Gasteiger partial charge in [0.05, 0.1) is 0 Å². The molecular formula is C24H21AsO. The van der Waals surface area contributed by atoms with Crippen molar-refractivity contribution in [3.8, 4) is 11.5 Å². The molecule has 0 aliphatic heterocycles. The van der Waals surface area contributed by atoms with Crippen LogP contribution in [0.1, 0.15) is 0 Å². The van der Waals surface area contributed by atoms with Gasteiger partial charge in [0.25, 0.3) is 0 Å². The third-order valence-electron chi connectivity index (χ3n) is 3.56. The van der Waals surface area contributed by atoms with Crippen LogP contribution in [0.2, 0.25) is 0 Å². The van der Waals surface area contributed by atoms with Gasteiger partial charge >= 0.3 is 85.1 Å². The van der Waals surface area contributed by atoms with Crippen LogP contribution in [0, 0.1) is 0 Å². The Bertz CT molecular complexity index is 711. The molecule has 0 spiro atoms. The fourth-order valence-corrected chi connectivity index (χ4v) is 4.53. The Labute approximate surface area is 162 Å². The molecule has 0 atom stereocenters. The topological polar surface area (TPSA) is 9.23 Å².